The third kappa shape index (κ3) is 2.79. The van der Waals surface area contributed by atoms with E-state index in [1.807, 2.05) is 59.3 Å². The van der Waals surface area contributed by atoms with Crippen LogP contribution in [0.2, 0.25) is 0 Å². The molecule has 136 valence electrons. The molecule has 0 atom stereocenters. The molecule has 4 aromatic rings. The van der Waals surface area contributed by atoms with Gasteiger partial charge in [-0.3, -0.25) is 5.41 Å². The summed E-state index contributed by atoms with van der Waals surface area (Å²) in [5.41, 5.74) is 3.60. The molecule has 27 heavy (non-hydrogen) atoms. The van der Waals surface area contributed by atoms with E-state index in [2.05, 4.69) is 4.98 Å². The Labute approximate surface area is 155 Å². The zero-order valence-corrected chi connectivity index (χ0v) is 15.0. The van der Waals surface area contributed by atoms with Gasteiger partial charge in [0.25, 0.3) is 0 Å². The molecule has 2 aromatic carbocycles. The highest BCUT2D eigenvalue weighted by atomic mass is 16.5. The third-order valence-corrected chi connectivity index (χ3v) is 4.53. The van der Waals surface area contributed by atoms with Gasteiger partial charge in [-0.15, -0.1) is 0 Å². The molecule has 7 heteroatoms. The highest BCUT2D eigenvalue weighted by Gasteiger charge is 2.15. The lowest BCUT2D eigenvalue weighted by atomic mass is 10.1. The van der Waals surface area contributed by atoms with Crippen molar-refractivity contribution in [2.45, 2.75) is 0 Å². The van der Waals surface area contributed by atoms with Gasteiger partial charge in [-0.1, -0.05) is 12.1 Å². The van der Waals surface area contributed by atoms with Gasteiger partial charge >= 0.3 is 0 Å². The van der Waals surface area contributed by atoms with Crippen molar-refractivity contribution in [3.8, 4) is 28.3 Å². The van der Waals surface area contributed by atoms with Gasteiger partial charge in [0.2, 0.25) is 0 Å². The number of fused-ring (bicyclic) bond motifs is 1. The molecule has 0 bridgehead atoms. The lowest BCUT2D eigenvalue weighted by Gasteiger charge is -2.06. The number of nitrogens with one attached hydrogen (secondary N) is 1. The first-order valence-electron chi connectivity index (χ1n) is 8.33. The van der Waals surface area contributed by atoms with Crippen molar-refractivity contribution < 1.29 is 9.47 Å². The van der Waals surface area contributed by atoms with Gasteiger partial charge in [-0.25, -0.2) is 9.66 Å². The van der Waals surface area contributed by atoms with Crippen LogP contribution in [-0.4, -0.2) is 28.4 Å². The summed E-state index contributed by atoms with van der Waals surface area (Å²) in [5.74, 6) is 7.44. The number of hydrogen-bond donors (Lipinski definition) is 2. The summed E-state index contributed by atoms with van der Waals surface area (Å²) >= 11 is 0. The van der Waals surface area contributed by atoms with Crippen molar-refractivity contribution in [1.29, 1.82) is 5.41 Å². The molecular weight excluding hydrogens is 342 g/mol. The lowest BCUT2D eigenvalue weighted by Crippen LogP contribution is -2.27. The Morgan fingerprint density at radius 3 is 2.11 bits per heavy atom. The monoisotopic (exact) mass is 361 g/mol. The van der Waals surface area contributed by atoms with Crippen LogP contribution in [0.3, 0.4) is 0 Å². The number of nitrogens with two attached hydrogens (primary N) is 1. The number of rotatable bonds is 4. The van der Waals surface area contributed by atoms with Gasteiger partial charge in [0.05, 0.1) is 19.6 Å². The van der Waals surface area contributed by atoms with Gasteiger partial charge in [0.1, 0.15) is 17.8 Å². The maximum absolute atomic E-state index is 8.44. The van der Waals surface area contributed by atoms with Gasteiger partial charge in [0, 0.05) is 17.4 Å². The molecule has 0 aliphatic carbocycles. The van der Waals surface area contributed by atoms with Crippen LogP contribution in [-0.2, 0) is 0 Å². The number of hydrogen-bond acceptors (Lipinski definition) is 5. The van der Waals surface area contributed by atoms with Crippen LogP contribution in [0, 0.1) is 5.41 Å². The Hall–Kier alpha value is -3.74. The van der Waals surface area contributed by atoms with Crippen LogP contribution in [0.5, 0.6) is 11.5 Å². The Morgan fingerprint density at radius 1 is 0.926 bits per heavy atom. The fourth-order valence-corrected chi connectivity index (χ4v) is 3.09. The van der Waals surface area contributed by atoms with Crippen molar-refractivity contribution in [2.75, 3.05) is 20.1 Å². The summed E-state index contributed by atoms with van der Waals surface area (Å²) in [4.78, 5) is 4.47. The molecule has 0 saturated heterocycles. The molecule has 2 aromatic heterocycles. The van der Waals surface area contributed by atoms with E-state index in [1.54, 1.807) is 14.2 Å². The Balaban J connectivity index is 1.97. The lowest BCUT2D eigenvalue weighted by molar-refractivity contribution is 0.414. The number of nitrogen functional groups attached to an aromatic ring is 1. The van der Waals surface area contributed by atoms with Gasteiger partial charge in [-0.2, -0.15) is 0 Å². The largest absolute Gasteiger partial charge is 0.497 e. The molecule has 4 rings (SSSR count). The molecule has 7 nitrogen and oxygen atoms in total. The van der Waals surface area contributed by atoms with Crippen molar-refractivity contribution in [3.05, 3.63) is 66.5 Å². The van der Waals surface area contributed by atoms with Crippen LogP contribution in [0.1, 0.15) is 0 Å². The van der Waals surface area contributed by atoms with E-state index in [-0.39, 0.29) is 5.49 Å². The normalized spacial score (nSPS) is 10.9. The first-order valence-corrected chi connectivity index (χ1v) is 8.33. The van der Waals surface area contributed by atoms with Crippen molar-refractivity contribution in [1.82, 2.24) is 14.2 Å². The average molecular weight is 361 g/mol. The topological polar surface area (TPSA) is 91.1 Å². The predicted octanol–water partition coefficient (Wildman–Crippen LogP) is 2.70. The smallest absolute Gasteiger partial charge is 0.156 e. The second-order valence-electron chi connectivity index (χ2n) is 6.04. The molecule has 3 N–H and O–H groups in total. The van der Waals surface area contributed by atoms with E-state index in [9.17, 15) is 0 Å². The summed E-state index contributed by atoms with van der Waals surface area (Å²) in [7, 11) is 3.27. The van der Waals surface area contributed by atoms with Crippen LogP contribution < -0.4 is 20.8 Å². The van der Waals surface area contributed by atoms with Gasteiger partial charge < -0.3 is 19.9 Å². The zero-order valence-electron chi connectivity index (χ0n) is 15.0. The van der Waals surface area contributed by atoms with Crippen molar-refractivity contribution >= 4 is 11.0 Å². The highest BCUT2D eigenvalue weighted by Crippen LogP contribution is 2.31. The fraction of sp³-hybridized carbons (Fsp3) is 0.100. The Kier molecular flexibility index (Phi) is 4.04. The number of methoxy groups -OCH3 is 2. The van der Waals surface area contributed by atoms with Gasteiger partial charge in [0.15, 0.2) is 11.1 Å². The molecule has 0 amide bonds. The first kappa shape index (κ1) is 16.7. The number of benzene rings is 2. The predicted molar refractivity (Wildman–Crippen MR) is 104 cm³/mol. The standard InChI is InChI=1S/C20H19N5O2/c1-26-15-7-3-13(4-8-15)17-11-24(14-5-9-16(27-2)10-6-14)20-18(17)19(21)25(22)12-23-20/h3-12,21H,22H2,1-2H3. The first-order chi connectivity index (χ1) is 13.1. The fourth-order valence-electron chi connectivity index (χ4n) is 3.09. The van der Waals surface area contributed by atoms with Crippen LogP contribution in [0.4, 0.5) is 0 Å². The maximum Gasteiger partial charge on any atom is 0.156 e. The minimum absolute atomic E-state index is 0.193. The van der Waals surface area contributed by atoms with Crippen molar-refractivity contribution in [3.63, 3.8) is 0 Å². The van der Waals surface area contributed by atoms with Crippen molar-refractivity contribution in [2.24, 2.45) is 0 Å². The molecule has 0 radical (unpaired) electrons. The van der Waals surface area contributed by atoms with Crippen LogP contribution in [0.15, 0.2) is 61.1 Å². The molecule has 0 saturated carbocycles. The van der Waals surface area contributed by atoms with E-state index in [4.69, 9.17) is 20.7 Å². The molecule has 2 heterocycles. The van der Waals surface area contributed by atoms with E-state index in [1.165, 1.54) is 11.0 Å². The molecular formula is C20H19N5O2. The average Bonchev–Trinajstić information content (AvgIpc) is 3.11. The second-order valence-corrected chi connectivity index (χ2v) is 6.04. The summed E-state index contributed by atoms with van der Waals surface area (Å²) < 4.78 is 13.6. The van der Waals surface area contributed by atoms with E-state index >= 15 is 0 Å². The van der Waals surface area contributed by atoms with E-state index in [0.717, 1.165) is 28.3 Å². The zero-order chi connectivity index (χ0) is 19.0. The molecule has 0 unspecified atom stereocenters. The minimum atomic E-state index is 0.193. The number of aromatic nitrogens is 3. The highest BCUT2D eigenvalue weighted by molar-refractivity contribution is 5.94. The molecule has 0 aliphatic heterocycles. The van der Waals surface area contributed by atoms with Gasteiger partial charge in [-0.05, 0) is 42.0 Å². The molecule has 0 aliphatic rings. The second kappa shape index (κ2) is 6.53. The quantitative estimate of drug-likeness (QED) is 0.547. The Morgan fingerprint density at radius 2 is 1.52 bits per heavy atom. The van der Waals surface area contributed by atoms with E-state index in [0.29, 0.717) is 11.0 Å². The summed E-state index contributed by atoms with van der Waals surface area (Å²) in [5, 5.41) is 9.12. The summed E-state index contributed by atoms with van der Waals surface area (Å²) in [6.45, 7) is 0. The van der Waals surface area contributed by atoms with Crippen LogP contribution in [0.25, 0.3) is 27.8 Å². The Bertz CT molecular complexity index is 1160. The van der Waals surface area contributed by atoms with E-state index < -0.39 is 0 Å². The summed E-state index contributed by atoms with van der Waals surface area (Å²) in [6, 6.07) is 15.4. The molecule has 0 fully saturated rings. The minimum Gasteiger partial charge on any atom is -0.497 e. The number of ether oxygens (including phenoxy) is 2. The number of nitrogens with zero attached hydrogens (tertiary/aromatic N) is 3. The molecule has 0 spiro atoms. The SMILES string of the molecule is COc1ccc(-c2cn(-c3ccc(OC)cc3)c3ncn(N)c(=N)c23)cc1. The maximum atomic E-state index is 8.44. The summed E-state index contributed by atoms with van der Waals surface area (Å²) in [6.07, 6.45) is 3.42. The third-order valence-electron chi connectivity index (χ3n) is 4.53. The van der Waals surface area contributed by atoms with Crippen LogP contribution >= 0.6 is 0 Å².